The third kappa shape index (κ3) is 20.0. The minimum atomic E-state index is -1.01. The van der Waals surface area contributed by atoms with E-state index in [-0.39, 0.29) is 81.6 Å². The number of ether oxygens (including phenoxy) is 2. The van der Waals surface area contributed by atoms with Gasteiger partial charge in [-0.3, -0.25) is 34.4 Å². The van der Waals surface area contributed by atoms with Crippen molar-refractivity contribution in [1.82, 2.24) is 47.4 Å². The summed E-state index contributed by atoms with van der Waals surface area (Å²) in [5.74, 6) is -1.48. The number of nitrogens with two attached hydrogens (primary N) is 1. The Balaban J connectivity index is 0.927. The van der Waals surface area contributed by atoms with Crippen molar-refractivity contribution >= 4 is 53.5 Å². The van der Waals surface area contributed by atoms with Crippen LogP contribution in [0.3, 0.4) is 0 Å². The number of guanidine groups is 1. The molecule has 0 unspecified atom stereocenters. The van der Waals surface area contributed by atoms with E-state index in [0.717, 1.165) is 44.6 Å². The second kappa shape index (κ2) is 32.2. The highest BCUT2D eigenvalue weighted by Crippen LogP contribution is 2.44. The van der Waals surface area contributed by atoms with Crippen LogP contribution in [-0.4, -0.2) is 121 Å². The van der Waals surface area contributed by atoms with E-state index in [1.807, 2.05) is 72.8 Å². The van der Waals surface area contributed by atoms with Gasteiger partial charge < -0.3 is 62.8 Å². The van der Waals surface area contributed by atoms with Gasteiger partial charge in [-0.05, 0) is 128 Å². The van der Waals surface area contributed by atoms with Crippen molar-refractivity contribution in [3.05, 3.63) is 155 Å². The molecule has 22 heteroatoms. The number of urea groups is 1. The second-order valence-corrected chi connectivity index (χ2v) is 22.2. The lowest BCUT2D eigenvalue weighted by Crippen LogP contribution is -2.50. The minimum absolute atomic E-state index is 0.0643. The van der Waals surface area contributed by atoms with Crippen molar-refractivity contribution in [2.45, 2.75) is 122 Å². The molecule has 0 saturated heterocycles. The SMILES string of the molecule is CCC(=O)NCCNC(=O)NC(N)=NCCC[C@@H](NC(=O)[C@H](c1cccc(NCCCNC(=O)[C@@H](CCCCNC(=O)OCC2c3ccccc3-c3ccccc32)NC(=O)OC(C)(C)C)c1)N1Cc2ccccc2C1)C(=O)NCc1ccc(O)cc1. The Kier molecular flexibility index (Phi) is 24.1. The largest absolute Gasteiger partial charge is 0.508 e. The molecule has 0 bridgehead atoms. The lowest BCUT2D eigenvalue weighted by Gasteiger charge is -2.29. The van der Waals surface area contributed by atoms with Gasteiger partial charge in [-0.25, -0.2) is 14.4 Å². The Hall–Kier alpha value is -9.18. The summed E-state index contributed by atoms with van der Waals surface area (Å²) in [6.45, 7) is 9.81. The predicted octanol–water partition coefficient (Wildman–Crippen LogP) is 6.69. The molecule has 458 valence electrons. The molecular weight excluding hydrogens is 1100 g/mol. The fraction of sp³-hybridized carbons (Fsp3) is 0.406. The number of hydrogen-bond donors (Lipinski definition) is 11. The molecule has 7 rings (SSSR count). The third-order valence-corrected chi connectivity index (χ3v) is 14.5. The van der Waals surface area contributed by atoms with E-state index in [4.69, 9.17) is 15.2 Å². The summed E-state index contributed by atoms with van der Waals surface area (Å²) in [4.78, 5) is 98.4. The number of unbranched alkanes of at least 4 members (excludes halogenated alkanes) is 1. The number of phenols is 1. The first-order valence-corrected chi connectivity index (χ1v) is 29.4. The van der Waals surface area contributed by atoms with E-state index in [1.165, 1.54) is 12.1 Å². The van der Waals surface area contributed by atoms with Gasteiger partial charge in [0, 0.05) is 76.9 Å². The monoisotopic (exact) mass is 1180 g/mol. The highest BCUT2D eigenvalue weighted by molar-refractivity contribution is 5.95. The van der Waals surface area contributed by atoms with Crippen LogP contribution in [0.4, 0.5) is 20.1 Å². The number of nitrogens with one attached hydrogen (secondary N) is 9. The van der Waals surface area contributed by atoms with Gasteiger partial charge in [-0.2, -0.15) is 0 Å². The van der Waals surface area contributed by atoms with Gasteiger partial charge in [-0.15, -0.1) is 0 Å². The first kappa shape index (κ1) is 64.4. The zero-order chi connectivity index (χ0) is 61.4. The Morgan fingerprint density at radius 2 is 1.28 bits per heavy atom. The van der Waals surface area contributed by atoms with Gasteiger partial charge in [-0.1, -0.05) is 104 Å². The van der Waals surface area contributed by atoms with Crippen LogP contribution in [0, 0.1) is 0 Å². The van der Waals surface area contributed by atoms with Crippen LogP contribution >= 0.6 is 0 Å². The number of alkyl carbamates (subject to hydrolysis) is 2. The molecule has 5 aromatic rings. The molecule has 2 aliphatic rings. The number of aromatic hydroxyl groups is 1. The maximum Gasteiger partial charge on any atom is 0.408 e. The molecule has 22 nitrogen and oxygen atoms in total. The average Bonchev–Trinajstić information content (AvgIpc) is 2.12. The van der Waals surface area contributed by atoms with Gasteiger partial charge in [0.05, 0.1) is 0 Å². The predicted molar refractivity (Wildman–Crippen MR) is 329 cm³/mol. The summed E-state index contributed by atoms with van der Waals surface area (Å²) in [5.41, 5.74) is 14.0. The average molecular weight is 1180 g/mol. The summed E-state index contributed by atoms with van der Waals surface area (Å²) in [5, 5.41) is 35.4. The Labute approximate surface area is 502 Å². The molecule has 0 saturated carbocycles. The van der Waals surface area contributed by atoms with Crippen LogP contribution in [0.1, 0.15) is 118 Å². The van der Waals surface area contributed by atoms with Crippen molar-refractivity contribution < 1.29 is 48.1 Å². The van der Waals surface area contributed by atoms with Crippen LogP contribution in [0.2, 0.25) is 0 Å². The Bertz CT molecular complexity index is 3080. The molecule has 1 aliphatic heterocycles. The topological polar surface area (TPSA) is 308 Å². The number of carbonyl (C=O) groups is 7. The molecule has 86 heavy (non-hydrogen) atoms. The summed E-state index contributed by atoms with van der Waals surface area (Å²) in [6.07, 6.45) is 1.36. The van der Waals surface area contributed by atoms with Crippen molar-refractivity contribution in [3.8, 4) is 16.9 Å². The normalized spacial score (nSPS) is 13.7. The number of amides is 8. The molecule has 0 fully saturated rings. The Morgan fingerprint density at radius 3 is 1.97 bits per heavy atom. The van der Waals surface area contributed by atoms with E-state index in [0.29, 0.717) is 63.8 Å². The highest BCUT2D eigenvalue weighted by atomic mass is 16.6. The smallest absolute Gasteiger partial charge is 0.408 e. The van der Waals surface area contributed by atoms with Crippen LogP contribution in [0.25, 0.3) is 11.1 Å². The molecular formula is C64H82N12O10. The lowest BCUT2D eigenvalue weighted by atomic mass is 9.98. The van der Waals surface area contributed by atoms with Gasteiger partial charge in [0.2, 0.25) is 23.6 Å². The summed E-state index contributed by atoms with van der Waals surface area (Å²) >= 11 is 0. The fourth-order valence-corrected chi connectivity index (χ4v) is 10.2. The number of hydrogen-bond acceptors (Lipinski definition) is 13. The van der Waals surface area contributed by atoms with E-state index >= 15 is 0 Å². The molecule has 0 radical (unpaired) electrons. The van der Waals surface area contributed by atoms with Gasteiger partial charge in [0.25, 0.3) is 0 Å². The summed E-state index contributed by atoms with van der Waals surface area (Å²) in [6, 6.07) is 34.8. The zero-order valence-electron chi connectivity index (χ0n) is 49.5. The van der Waals surface area contributed by atoms with Gasteiger partial charge >= 0.3 is 18.2 Å². The highest BCUT2D eigenvalue weighted by Gasteiger charge is 2.35. The maximum absolute atomic E-state index is 14.8. The first-order chi connectivity index (χ1) is 41.4. The number of aliphatic imine (C=N–C) groups is 1. The van der Waals surface area contributed by atoms with E-state index in [9.17, 15) is 38.7 Å². The van der Waals surface area contributed by atoms with Crippen molar-refractivity contribution in [1.29, 1.82) is 0 Å². The number of anilines is 1. The molecule has 1 aliphatic carbocycles. The van der Waals surface area contributed by atoms with Crippen molar-refractivity contribution in [2.24, 2.45) is 10.7 Å². The number of benzene rings is 5. The minimum Gasteiger partial charge on any atom is -0.508 e. The molecule has 3 atom stereocenters. The molecule has 8 amide bonds. The van der Waals surface area contributed by atoms with Gasteiger partial charge in [0.1, 0.15) is 36.1 Å². The molecule has 0 aromatic heterocycles. The second-order valence-electron chi connectivity index (χ2n) is 22.2. The zero-order valence-corrected chi connectivity index (χ0v) is 49.5. The summed E-state index contributed by atoms with van der Waals surface area (Å²) < 4.78 is 11.2. The number of carbonyl (C=O) groups excluding carboxylic acids is 7. The van der Waals surface area contributed by atoms with E-state index < -0.39 is 53.8 Å². The molecule has 1 heterocycles. The number of rotatable bonds is 29. The number of fused-ring (bicyclic) bond motifs is 4. The van der Waals surface area contributed by atoms with Crippen molar-refractivity contribution in [2.75, 3.05) is 51.2 Å². The summed E-state index contributed by atoms with van der Waals surface area (Å²) in [7, 11) is 0. The lowest BCUT2D eigenvalue weighted by molar-refractivity contribution is -0.132. The van der Waals surface area contributed by atoms with Gasteiger partial charge in [0.15, 0.2) is 5.96 Å². The van der Waals surface area contributed by atoms with E-state index in [2.05, 4.69) is 82.0 Å². The molecule has 0 spiro atoms. The fourth-order valence-electron chi connectivity index (χ4n) is 10.2. The standard InChI is InChI=1S/C64H82N12O10/c1-5-55(78)67-35-36-70-61(82)75-60(65)69-32-15-26-53(58(80)72-38-42-27-29-47(77)30-28-42)73-59(81)56(76-39-44-17-6-7-18-45(44)40-76)43-19-14-20-46(37-43)66-33-16-34-68-57(79)54(74-63(84)86-64(2,3)4)25-12-13-31-71-62(83)85-41-52-50-23-10-8-21-48(50)49-22-9-11-24-51(49)52/h6-11,14,17-24,27-30,37,52-54,56,66,77H,5,12-13,15-16,25-26,31-36,38-41H2,1-4H3,(H,67,78)(H,68,79)(H,71,83)(H,72,80)(H,73,81)(H,74,84)(H4,65,69,70,75,82)/t53-,54-,56+/m1/s1. The first-order valence-electron chi connectivity index (χ1n) is 29.4. The molecule has 12 N–H and O–H groups in total. The van der Waals surface area contributed by atoms with Crippen LogP contribution in [-0.2, 0) is 48.3 Å². The quantitative estimate of drug-likeness (QED) is 0.0135. The van der Waals surface area contributed by atoms with Crippen molar-refractivity contribution in [3.63, 3.8) is 0 Å². The molecule has 5 aromatic carbocycles. The van der Waals surface area contributed by atoms with Crippen LogP contribution in [0.5, 0.6) is 5.75 Å². The van der Waals surface area contributed by atoms with Crippen LogP contribution < -0.4 is 53.6 Å². The maximum atomic E-state index is 14.8. The third-order valence-electron chi connectivity index (χ3n) is 14.5. The van der Waals surface area contributed by atoms with E-state index in [1.54, 1.807) is 39.8 Å². The number of phenolic OH excluding ortho intramolecular Hbond substituents is 1. The Morgan fingerprint density at radius 1 is 0.651 bits per heavy atom. The van der Waals surface area contributed by atoms with Crippen LogP contribution in [0.15, 0.2) is 126 Å². The number of nitrogens with zero attached hydrogens (tertiary/aromatic N) is 2.